The van der Waals surface area contributed by atoms with Gasteiger partial charge in [0.05, 0.1) is 47.7 Å². The molecule has 1 aromatic heterocycles. The lowest BCUT2D eigenvalue weighted by Gasteiger charge is -2.39. The van der Waals surface area contributed by atoms with Crippen LogP contribution in [-0.4, -0.2) is 39.9 Å². The standard InChI is InChI=1S/C26H33N7O2S/c1-4-35-26(34)21-7-5-6-8-24(21)33(32-31-27)17(2)25(18-9-12-20(36-3)13-10-18)30-19-11-14-22-23(15-19)29-16-28-22/h9-16,21,24-25,30H,2,4-8H2,1,3H3,(H2,27,32)(H,28,29). The van der Waals surface area contributed by atoms with Crippen LogP contribution in [0.25, 0.3) is 11.0 Å². The first-order valence-electron chi connectivity index (χ1n) is 12.1. The second-order valence-electron chi connectivity index (χ2n) is 8.74. The number of hydrogen-bond donors (Lipinski definition) is 3. The zero-order valence-electron chi connectivity index (χ0n) is 20.7. The number of nitrogens with two attached hydrogens (primary N) is 1. The number of fused-ring (bicyclic) bond motifs is 1. The van der Waals surface area contributed by atoms with Crippen molar-refractivity contribution in [2.24, 2.45) is 22.2 Å². The van der Waals surface area contributed by atoms with Gasteiger partial charge in [0.2, 0.25) is 0 Å². The van der Waals surface area contributed by atoms with E-state index < -0.39 is 0 Å². The number of hydrogen-bond acceptors (Lipinski definition) is 7. The molecule has 1 fully saturated rings. The highest BCUT2D eigenvalue weighted by Gasteiger charge is 2.38. The average molecular weight is 508 g/mol. The van der Waals surface area contributed by atoms with Crippen LogP contribution >= 0.6 is 11.8 Å². The van der Waals surface area contributed by atoms with Crippen LogP contribution < -0.4 is 11.2 Å². The summed E-state index contributed by atoms with van der Waals surface area (Å²) in [7, 11) is 0. The number of thioether (sulfide) groups is 1. The Kier molecular flexibility index (Phi) is 8.48. The molecule has 4 N–H and O–H groups in total. The van der Waals surface area contributed by atoms with Gasteiger partial charge in [0.15, 0.2) is 0 Å². The lowest BCUT2D eigenvalue weighted by atomic mass is 9.83. The maximum atomic E-state index is 12.8. The van der Waals surface area contributed by atoms with Gasteiger partial charge in [-0.2, -0.15) is 0 Å². The van der Waals surface area contributed by atoms with Crippen LogP contribution in [0.2, 0.25) is 0 Å². The first-order valence-corrected chi connectivity index (χ1v) is 13.4. The van der Waals surface area contributed by atoms with Crippen molar-refractivity contribution >= 4 is 34.5 Å². The van der Waals surface area contributed by atoms with Crippen molar-refractivity contribution in [1.29, 1.82) is 0 Å². The van der Waals surface area contributed by atoms with Crippen LogP contribution in [0.3, 0.4) is 0 Å². The zero-order chi connectivity index (χ0) is 25.5. The summed E-state index contributed by atoms with van der Waals surface area (Å²) in [6.07, 6.45) is 7.14. The molecule has 36 heavy (non-hydrogen) atoms. The van der Waals surface area contributed by atoms with Crippen LogP contribution in [0.1, 0.15) is 44.2 Å². The zero-order valence-corrected chi connectivity index (χ0v) is 21.5. The smallest absolute Gasteiger partial charge is 0.311 e. The predicted molar refractivity (Wildman–Crippen MR) is 143 cm³/mol. The molecule has 3 atom stereocenters. The van der Waals surface area contributed by atoms with Gasteiger partial charge >= 0.3 is 5.97 Å². The fourth-order valence-corrected chi connectivity index (χ4v) is 5.20. The summed E-state index contributed by atoms with van der Waals surface area (Å²) in [6.45, 7) is 6.59. The highest BCUT2D eigenvalue weighted by atomic mass is 32.2. The minimum Gasteiger partial charge on any atom is -0.466 e. The fraction of sp³-hybridized carbons (Fsp3) is 0.385. The minimum atomic E-state index is -0.354. The number of rotatable bonds is 10. The molecule has 1 saturated carbocycles. The van der Waals surface area contributed by atoms with E-state index in [0.717, 1.165) is 52.9 Å². The van der Waals surface area contributed by atoms with Crippen LogP contribution in [-0.2, 0) is 9.53 Å². The molecular formula is C26H33N7O2S. The number of benzene rings is 2. The Morgan fingerprint density at radius 2 is 2.08 bits per heavy atom. The number of H-pyrrole nitrogens is 1. The summed E-state index contributed by atoms with van der Waals surface area (Å²) in [5.41, 5.74) is 4.34. The van der Waals surface area contributed by atoms with E-state index in [0.29, 0.717) is 12.3 Å². The van der Waals surface area contributed by atoms with Crippen molar-refractivity contribution in [2.75, 3.05) is 18.2 Å². The number of carbonyl (C=O) groups excluding carboxylic acids is 1. The third-order valence-corrected chi connectivity index (χ3v) is 7.33. The largest absolute Gasteiger partial charge is 0.466 e. The Morgan fingerprint density at radius 1 is 1.31 bits per heavy atom. The van der Waals surface area contributed by atoms with Gasteiger partial charge in [-0.05, 0) is 67.1 Å². The van der Waals surface area contributed by atoms with Crippen molar-refractivity contribution in [3.8, 4) is 0 Å². The number of nitrogens with zero attached hydrogens (tertiary/aromatic N) is 4. The van der Waals surface area contributed by atoms with Gasteiger partial charge in [-0.15, -0.1) is 11.8 Å². The maximum absolute atomic E-state index is 12.8. The Hall–Kier alpha value is -3.53. The number of anilines is 1. The Balaban J connectivity index is 1.70. The second-order valence-corrected chi connectivity index (χ2v) is 9.62. The van der Waals surface area contributed by atoms with E-state index >= 15 is 0 Å². The molecule has 1 heterocycles. The average Bonchev–Trinajstić information content (AvgIpc) is 3.38. The molecule has 9 nitrogen and oxygen atoms in total. The third kappa shape index (κ3) is 5.64. The van der Waals surface area contributed by atoms with E-state index in [2.05, 4.69) is 56.6 Å². The van der Waals surface area contributed by atoms with Gasteiger partial charge in [-0.25, -0.2) is 9.99 Å². The monoisotopic (exact) mass is 507 g/mol. The second kappa shape index (κ2) is 11.9. The SMILES string of the molecule is C=C(C(Nc1ccc2[nH]cnc2c1)c1ccc(SC)cc1)N(/N=N\N)C1CCCCC1C(=O)OCC. The van der Waals surface area contributed by atoms with E-state index in [1.165, 1.54) is 0 Å². The van der Waals surface area contributed by atoms with Gasteiger partial charge < -0.3 is 20.9 Å². The molecule has 10 heteroatoms. The van der Waals surface area contributed by atoms with Crippen LogP contribution in [0, 0.1) is 5.92 Å². The maximum Gasteiger partial charge on any atom is 0.311 e. The summed E-state index contributed by atoms with van der Waals surface area (Å²) in [4.78, 5) is 21.5. The number of imidazole rings is 1. The molecule has 0 aliphatic heterocycles. The normalized spacial score (nSPS) is 18.7. The molecule has 3 unspecified atom stereocenters. The summed E-state index contributed by atoms with van der Waals surface area (Å²) in [5.74, 6) is 5.01. The van der Waals surface area contributed by atoms with E-state index in [1.807, 2.05) is 31.4 Å². The van der Waals surface area contributed by atoms with E-state index in [-0.39, 0.29) is 24.0 Å². The Labute approximate surface area is 215 Å². The summed E-state index contributed by atoms with van der Waals surface area (Å²) in [6, 6.07) is 13.7. The number of esters is 1. The van der Waals surface area contributed by atoms with Gasteiger partial charge in [0, 0.05) is 10.6 Å². The molecule has 1 aliphatic rings. The topological polar surface area (TPSA) is 121 Å². The molecule has 0 radical (unpaired) electrons. The number of aromatic nitrogens is 2. The minimum absolute atomic E-state index is 0.218. The molecule has 0 saturated heterocycles. The van der Waals surface area contributed by atoms with Crippen molar-refractivity contribution < 1.29 is 9.53 Å². The molecule has 2 aromatic carbocycles. The Bertz CT molecular complexity index is 1210. The molecule has 0 bridgehead atoms. The van der Waals surface area contributed by atoms with Crippen molar-refractivity contribution in [3.63, 3.8) is 0 Å². The lowest BCUT2D eigenvalue weighted by molar-refractivity contribution is -0.151. The molecule has 4 rings (SSSR count). The first-order chi connectivity index (χ1) is 17.5. The summed E-state index contributed by atoms with van der Waals surface area (Å²) < 4.78 is 5.39. The van der Waals surface area contributed by atoms with Crippen molar-refractivity contribution in [1.82, 2.24) is 15.0 Å². The number of nitrogens with one attached hydrogen (secondary N) is 2. The highest BCUT2D eigenvalue weighted by molar-refractivity contribution is 7.98. The van der Waals surface area contributed by atoms with Gasteiger partial charge in [-0.3, -0.25) is 4.79 Å². The Morgan fingerprint density at radius 3 is 2.81 bits per heavy atom. The molecule has 3 aromatic rings. The first kappa shape index (κ1) is 25.6. The number of aromatic amines is 1. The highest BCUT2D eigenvalue weighted by Crippen LogP contribution is 2.37. The van der Waals surface area contributed by atoms with Crippen LogP contribution in [0.5, 0.6) is 0 Å². The lowest BCUT2D eigenvalue weighted by Crippen LogP contribution is -2.44. The quantitative estimate of drug-likeness (QED) is 0.107. The summed E-state index contributed by atoms with van der Waals surface area (Å²) in [5, 5.41) is 13.2. The number of ether oxygens (including phenoxy) is 1. The molecule has 0 amide bonds. The van der Waals surface area contributed by atoms with E-state index in [4.69, 9.17) is 10.6 Å². The van der Waals surface area contributed by atoms with Crippen molar-refractivity contribution in [2.45, 2.75) is 49.6 Å². The van der Waals surface area contributed by atoms with Crippen molar-refractivity contribution in [3.05, 3.63) is 66.6 Å². The third-order valence-electron chi connectivity index (χ3n) is 6.59. The van der Waals surface area contributed by atoms with Crippen LogP contribution in [0.4, 0.5) is 5.69 Å². The van der Waals surface area contributed by atoms with E-state index in [9.17, 15) is 4.79 Å². The summed E-state index contributed by atoms with van der Waals surface area (Å²) >= 11 is 1.68. The molecular weight excluding hydrogens is 474 g/mol. The van der Waals surface area contributed by atoms with Gasteiger partial charge in [-0.1, -0.05) is 36.8 Å². The molecule has 1 aliphatic carbocycles. The van der Waals surface area contributed by atoms with Gasteiger partial charge in [0.25, 0.3) is 0 Å². The van der Waals surface area contributed by atoms with E-state index in [1.54, 1.807) is 23.1 Å². The number of carbonyl (C=O) groups is 1. The fourth-order valence-electron chi connectivity index (χ4n) is 4.80. The molecule has 0 spiro atoms. The predicted octanol–water partition coefficient (Wildman–Crippen LogP) is 5.62. The van der Waals surface area contributed by atoms with Gasteiger partial charge in [0.1, 0.15) is 0 Å². The van der Waals surface area contributed by atoms with Crippen LogP contribution in [0.15, 0.2) is 76.4 Å². The molecule has 190 valence electrons.